The summed E-state index contributed by atoms with van der Waals surface area (Å²) in [6.07, 6.45) is 0.389. The van der Waals surface area contributed by atoms with Gasteiger partial charge in [-0.05, 0) is 0 Å². The normalized spacial score (nSPS) is 24.1. The van der Waals surface area contributed by atoms with Crippen LogP contribution in [-0.2, 0) is 19.7 Å². The molecular weight excluding hydrogens is 184 g/mol. The molecule has 0 aromatic carbocycles. The van der Waals surface area contributed by atoms with E-state index >= 15 is 0 Å². The molecule has 1 aliphatic rings. The van der Waals surface area contributed by atoms with Crippen LogP contribution in [0.3, 0.4) is 0 Å². The van der Waals surface area contributed by atoms with Crippen molar-refractivity contribution in [3.8, 4) is 0 Å². The van der Waals surface area contributed by atoms with Crippen molar-refractivity contribution in [3.05, 3.63) is 0 Å². The first-order valence-electron chi connectivity index (χ1n) is 3.42. The number of nitrogens with one attached hydrogen (secondary N) is 2. The Bertz CT molecular complexity index is 273. The van der Waals surface area contributed by atoms with E-state index in [1.165, 1.54) is 7.05 Å². The van der Waals surface area contributed by atoms with Crippen molar-refractivity contribution in [3.63, 3.8) is 0 Å². The number of ether oxygens (including phenoxy) is 1. The fourth-order valence-corrected chi connectivity index (χ4v) is 1.56. The minimum absolute atomic E-state index is 0.274. The van der Waals surface area contributed by atoms with Crippen LogP contribution in [0.1, 0.15) is 6.42 Å². The van der Waals surface area contributed by atoms with Crippen LogP contribution >= 0.6 is 0 Å². The molecule has 0 aliphatic carbocycles. The summed E-state index contributed by atoms with van der Waals surface area (Å²) < 4.78 is 30.5. The standard InChI is InChI=1S/C5H10N2O4S/c1-6-12(9,10)7-4-2-3-11-5(4)8/h4,6-7H,2-3H2,1H3/t4-/m0/s1. The number of hydrogen-bond donors (Lipinski definition) is 2. The number of cyclic esters (lactones) is 1. The summed E-state index contributed by atoms with van der Waals surface area (Å²) in [4.78, 5) is 10.8. The number of esters is 1. The monoisotopic (exact) mass is 194 g/mol. The van der Waals surface area contributed by atoms with E-state index in [0.717, 1.165) is 0 Å². The molecule has 1 heterocycles. The van der Waals surface area contributed by atoms with Gasteiger partial charge in [-0.25, -0.2) is 4.72 Å². The van der Waals surface area contributed by atoms with E-state index in [0.29, 0.717) is 6.42 Å². The van der Waals surface area contributed by atoms with Gasteiger partial charge in [0.15, 0.2) is 0 Å². The summed E-state index contributed by atoms with van der Waals surface area (Å²) in [6.45, 7) is 0.274. The third-order valence-electron chi connectivity index (χ3n) is 1.50. The molecule has 1 saturated heterocycles. The molecule has 1 rings (SSSR count). The van der Waals surface area contributed by atoms with E-state index in [1.54, 1.807) is 0 Å². The molecule has 0 aromatic rings. The van der Waals surface area contributed by atoms with Crippen LogP contribution in [0.2, 0.25) is 0 Å². The molecular formula is C5H10N2O4S. The molecule has 7 heteroatoms. The zero-order valence-corrected chi connectivity index (χ0v) is 7.35. The van der Waals surface area contributed by atoms with Crippen molar-refractivity contribution in [2.24, 2.45) is 0 Å². The number of carbonyl (C=O) groups excluding carboxylic acids is 1. The van der Waals surface area contributed by atoms with Crippen molar-refractivity contribution in [2.45, 2.75) is 12.5 Å². The Labute approximate surface area is 70.5 Å². The molecule has 6 nitrogen and oxygen atoms in total. The fraction of sp³-hybridized carbons (Fsp3) is 0.800. The first-order valence-corrected chi connectivity index (χ1v) is 4.91. The van der Waals surface area contributed by atoms with Crippen molar-refractivity contribution in [1.82, 2.24) is 9.44 Å². The summed E-state index contributed by atoms with van der Waals surface area (Å²) in [7, 11) is -2.27. The Balaban J connectivity index is 2.57. The van der Waals surface area contributed by atoms with Gasteiger partial charge in [-0.1, -0.05) is 0 Å². The van der Waals surface area contributed by atoms with E-state index in [4.69, 9.17) is 0 Å². The topological polar surface area (TPSA) is 84.5 Å². The predicted molar refractivity (Wildman–Crippen MR) is 40.5 cm³/mol. The Morgan fingerprint density at radius 3 is 2.67 bits per heavy atom. The highest BCUT2D eigenvalue weighted by molar-refractivity contribution is 7.87. The maximum Gasteiger partial charge on any atom is 0.324 e. The van der Waals surface area contributed by atoms with Gasteiger partial charge in [0, 0.05) is 13.5 Å². The van der Waals surface area contributed by atoms with Gasteiger partial charge in [-0.2, -0.15) is 13.1 Å². The van der Waals surface area contributed by atoms with Gasteiger partial charge >= 0.3 is 5.97 Å². The number of hydrogen-bond acceptors (Lipinski definition) is 4. The Hall–Kier alpha value is -0.660. The zero-order chi connectivity index (χ0) is 9.19. The lowest BCUT2D eigenvalue weighted by Gasteiger charge is -2.07. The van der Waals surface area contributed by atoms with Crippen molar-refractivity contribution < 1.29 is 17.9 Å². The summed E-state index contributed by atoms with van der Waals surface area (Å²) >= 11 is 0. The van der Waals surface area contributed by atoms with Crippen molar-refractivity contribution in [1.29, 1.82) is 0 Å². The molecule has 1 fully saturated rings. The van der Waals surface area contributed by atoms with Crippen LogP contribution in [0.4, 0.5) is 0 Å². The lowest BCUT2D eigenvalue weighted by atomic mass is 10.3. The fourth-order valence-electron chi connectivity index (χ4n) is 0.849. The Kier molecular flexibility index (Phi) is 2.65. The summed E-state index contributed by atoms with van der Waals surface area (Å²) in [6, 6.07) is -0.734. The Morgan fingerprint density at radius 2 is 2.25 bits per heavy atom. The van der Waals surface area contributed by atoms with Gasteiger partial charge in [-0.15, -0.1) is 0 Å². The van der Waals surface area contributed by atoms with Gasteiger partial charge in [0.2, 0.25) is 0 Å². The van der Waals surface area contributed by atoms with E-state index < -0.39 is 22.2 Å². The van der Waals surface area contributed by atoms with Crippen LogP contribution in [0.15, 0.2) is 0 Å². The second-order valence-corrected chi connectivity index (χ2v) is 3.98. The Morgan fingerprint density at radius 1 is 1.58 bits per heavy atom. The zero-order valence-electron chi connectivity index (χ0n) is 6.53. The van der Waals surface area contributed by atoms with Crippen LogP contribution in [0.25, 0.3) is 0 Å². The quantitative estimate of drug-likeness (QED) is 0.527. The van der Waals surface area contributed by atoms with Gasteiger partial charge in [-0.3, -0.25) is 4.79 Å². The van der Waals surface area contributed by atoms with Crippen LogP contribution in [-0.4, -0.2) is 34.1 Å². The lowest BCUT2D eigenvalue weighted by Crippen LogP contribution is -2.43. The van der Waals surface area contributed by atoms with Gasteiger partial charge in [0.1, 0.15) is 6.04 Å². The third-order valence-corrected chi connectivity index (χ3v) is 2.63. The lowest BCUT2D eigenvalue weighted by molar-refractivity contribution is -0.139. The maximum absolute atomic E-state index is 10.9. The summed E-state index contributed by atoms with van der Waals surface area (Å²) in [5, 5.41) is 0. The molecule has 70 valence electrons. The molecule has 0 unspecified atom stereocenters. The highest BCUT2D eigenvalue weighted by Gasteiger charge is 2.29. The van der Waals surface area contributed by atoms with Gasteiger partial charge in [0.25, 0.3) is 10.2 Å². The smallest absolute Gasteiger partial charge is 0.324 e. The average Bonchev–Trinajstić information content (AvgIpc) is 2.36. The van der Waals surface area contributed by atoms with E-state index in [-0.39, 0.29) is 6.61 Å². The van der Waals surface area contributed by atoms with Crippen molar-refractivity contribution >= 4 is 16.2 Å². The summed E-state index contributed by atoms with van der Waals surface area (Å²) in [5.74, 6) is -0.520. The predicted octanol–water partition coefficient (Wildman–Crippen LogP) is -1.64. The molecule has 0 saturated carbocycles. The number of rotatable bonds is 3. The highest BCUT2D eigenvalue weighted by atomic mass is 32.2. The molecule has 0 aromatic heterocycles. The minimum Gasteiger partial charge on any atom is -0.464 e. The SMILES string of the molecule is CNS(=O)(=O)N[C@H]1CCOC1=O. The molecule has 0 bridgehead atoms. The van der Waals surface area contributed by atoms with E-state index in [1.807, 2.05) is 4.72 Å². The number of carbonyl (C=O) groups is 1. The van der Waals surface area contributed by atoms with Crippen LogP contribution in [0.5, 0.6) is 0 Å². The van der Waals surface area contributed by atoms with Crippen LogP contribution in [0, 0.1) is 0 Å². The third kappa shape index (κ3) is 2.16. The molecule has 1 aliphatic heterocycles. The van der Waals surface area contributed by atoms with Gasteiger partial charge < -0.3 is 4.74 Å². The maximum atomic E-state index is 10.9. The highest BCUT2D eigenvalue weighted by Crippen LogP contribution is 2.05. The molecule has 0 radical (unpaired) electrons. The average molecular weight is 194 g/mol. The van der Waals surface area contributed by atoms with E-state index in [9.17, 15) is 13.2 Å². The second kappa shape index (κ2) is 3.38. The molecule has 12 heavy (non-hydrogen) atoms. The first-order chi connectivity index (χ1) is 5.55. The van der Waals surface area contributed by atoms with E-state index in [2.05, 4.69) is 9.46 Å². The molecule has 1 atom stereocenters. The molecule has 2 N–H and O–H groups in total. The minimum atomic E-state index is -3.54. The summed E-state index contributed by atoms with van der Waals surface area (Å²) in [5.41, 5.74) is 0. The van der Waals surface area contributed by atoms with Crippen LogP contribution < -0.4 is 9.44 Å². The largest absolute Gasteiger partial charge is 0.464 e. The van der Waals surface area contributed by atoms with Gasteiger partial charge in [0.05, 0.1) is 6.61 Å². The molecule has 0 amide bonds. The second-order valence-electron chi connectivity index (χ2n) is 2.33. The first kappa shape index (κ1) is 9.43. The van der Waals surface area contributed by atoms with Crippen molar-refractivity contribution in [2.75, 3.05) is 13.7 Å². The molecule has 0 spiro atoms.